The molecule has 1 unspecified atom stereocenters. The van der Waals surface area contributed by atoms with E-state index in [0.29, 0.717) is 6.04 Å². The molecule has 1 aliphatic heterocycles. The standard InChI is InChI=1S/C16H28N2O2/c1-12(13(2)19)18-10-8-14(9-11-18)16(20)17-15-6-4-3-5-7-15/h12,14-15H,3-11H2,1-2H3,(H,17,20). The van der Waals surface area contributed by atoms with Crippen LogP contribution in [-0.2, 0) is 9.59 Å². The number of ketones is 1. The number of nitrogens with one attached hydrogen (secondary N) is 1. The third kappa shape index (κ3) is 4.05. The fraction of sp³-hybridized carbons (Fsp3) is 0.875. The highest BCUT2D eigenvalue weighted by molar-refractivity contribution is 5.81. The number of carbonyl (C=O) groups is 2. The van der Waals surface area contributed by atoms with Crippen molar-refractivity contribution in [1.82, 2.24) is 10.2 Å². The Labute approximate surface area is 122 Å². The smallest absolute Gasteiger partial charge is 0.223 e. The first-order chi connectivity index (χ1) is 9.58. The molecule has 1 amide bonds. The minimum atomic E-state index is -0.00245. The zero-order chi connectivity index (χ0) is 14.5. The number of hydrogen-bond donors (Lipinski definition) is 1. The third-order valence-corrected chi connectivity index (χ3v) is 4.99. The molecule has 2 aliphatic rings. The van der Waals surface area contributed by atoms with Crippen molar-refractivity contribution in [3.63, 3.8) is 0 Å². The van der Waals surface area contributed by atoms with Gasteiger partial charge in [0.15, 0.2) is 0 Å². The summed E-state index contributed by atoms with van der Waals surface area (Å²) < 4.78 is 0. The summed E-state index contributed by atoms with van der Waals surface area (Å²) in [6.07, 6.45) is 7.87. The minimum Gasteiger partial charge on any atom is -0.353 e. The molecule has 0 spiro atoms. The van der Waals surface area contributed by atoms with E-state index in [1.54, 1.807) is 6.92 Å². The van der Waals surface area contributed by atoms with E-state index in [4.69, 9.17) is 0 Å². The summed E-state index contributed by atoms with van der Waals surface area (Å²) in [6, 6.07) is 0.405. The highest BCUT2D eigenvalue weighted by Gasteiger charge is 2.29. The molecule has 20 heavy (non-hydrogen) atoms. The van der Waals surface area contributed by atoms with Gasteiger partial charge < -0.3 is 5.32 Å². The quantitative estimate of drug-likeness (QED) is 0.858. The summed E-state index contributed by atoms with van der Waals surface area (Å²) in [6.45, 7) is 5.34. The highest BCUT2D eigenvalue weighted by atomic mass is 16.2. The average Bonchev–Trinajstić information content (AvgIpc) is 2.47. The molecule has 2 rings (SSSR count). The van der Waals surface area contributed by atoms with Crippen LogP contribution in [0.4, 0.5) is 0 Å². The predicted molar refractivity (Wildman–Crippen MR) is 79.5 cm³/mol. The van der Waals surface area contributed by atoms with E-state index in [1.807, 2.05) is 6.92 Å². The van der Waals surface area contributed by atoms with Gasteiger partial charge in [0.25, 0.3) is 0 Å². The van der Waals surface area contributed by atoms with Crippen LogP contribution < -0.4 is 5.32 Å². The van der Waals surface area contributed by atoms with Crippen molar-refractivity contribution < 1.29 is 9.59 Å². The molecular formula is C16H28N2O2. The Balaban J connectivity index is 1.75. The maximum Gasteiger partial charge on any atom is 0.223 e. The maximum atomic E-state index is 12.3. The van der Waals surface area contributed by atoms with Gasteiger partial charge >= 0.3 is 0 Å². The van der Waals surface area contributed by atoms with Crippen LogP contribution in [0.3, 0.4) is 0 Å². The largest absolute Gasteiger partial charge is 0.353 e. The van der Waals surface area contributed by atoms with E-state index in [9.17, 15) is 9.59 Å². The molecule has 0 aromatic heterocycles. The van der Waals surface area contributed by atoms with Crippen LogP contribution in [0.5, 0.6) is 0 Å². The molecule has 2 fully saturated rings. The predicted octanol–water partition coefficient (Wildman–Crippen LogP) is 2.12. The first kappa shape index (κ1) is 15.5. The summed E-state index contributed by atoms with van der Waals surface area (Å²) in [5.74, 6) is 0.606. The fourth-order valence-electron chi connectivity index (χ4n) is 3.37. The van der Waals surface area contributed by atoms with E-state index < -0.39 is 0 Å². The Kier molecular flexibility index (Phi) is 5.58. The van der Waals surface area contributed by atoms with Gasteiger partial charge in [-0.2, -0.15) is 0 Å². The van der Waals surface area contributed by atoms with Crippen LogP contribution in [-0.4, -0.2) is 41.8 Å². The van der Waals surface area contributed by atoms with Crippen LogP contribution in [0.2, 0.25) is 0 Å². The molecule has 4 nitrogen and oxygen atoms in total. The lowest BCUT2D eigenvalue weighted by atomic mass is 9.92. The molecule has 0 radical (unpaired) electrons. The van der Waals surface area contributed by atoms with Crippen LogP contribution >= 0.6 is 0 Å². The van der Waals surface area contributed by atoms with Crippen molar-refractivity contribution in [2.24, 2.45) is 5.92 Å². The van der Waals surface area contributed by atoms with Crippen LogP contribution in [0.1, 0.15) is 58.8 Å². The Bertz CT molecular complexity index is 342. The van der Waals surface area contributed by atoms with E-state index in [1.165, 1.54) is 19.3 Å². The van der Waals surface area contributed by atoms with Gasteiger partial charge in [-0.25, -0.2) is 0 Å². The summed E-state index contributed by atoms with van der Waals surface area (Å²) >= 11 is 0. The number of amides is 1. The monoisotopic (exact) mass is 280 g/mol. The van der Waals surface area contributed by atoms with E-state index >= 15 is 0 Å². The van der Waals surface area contributed by atoms with E-state index in [0.717, 1.165) is 38.8 Å². The molecule has 1 heterocycles. The van der Waals surface area contributed by atoms with Crippen LogP contribution in [0.15, 0.2) is 0 Å². The van der Waals surface area contributed by atoms with Crippen molar-refractivity contribution in [2.45, 2.75) is 70.9 Å². The van der Waals surface area contributed by atoms with Gasteiger partial charge in [0.1, 0.15) is 5.78 Å². The van der Waals surface area contributed by atoms with E-state index in [2.05, 4.69) is 10.2 Å². The van der Waals surface area contributed by atoms with Gasteiger partial charge in [-0.3, -0.25) is 14.5 Å². The number of carbonyl (C=O) groups excluding carboxylic acids is 2. The Morgan fingerprint density at radius 3 is 2.20 bits per heavy atom. The minimum absolute atomic E-state index is 0.00245. The molecule has 1 aliphatic carbocycles. The number of piperidine rings is 1. The molecule has 1 atom stereocenters. The van der Waals surface area contributed by atoms with Crippen molar-refractivity contribution in [2.75, 3.05) is 13.1 Å². The lowest BCUT2D eigenvalue weighted by molar-refractivity contribution is -0.128. The molecule has 1 saturated carbocycles. The zero-order valence-corrected chi connectivity index (χ0v) is 12.9. The number of hydrogen-bond acceptors (Lipinski definition) is 3. The van der Waals surface area contributed by atoms with Gasteiger partial charge in [0, 0.05) is 12.0 Å². The first-order valence-corrected chi connectivity index (χ1v) is 8.13. The number of Topliss-reactive ketones (excluding diaryl/α,β-unsaturated/α-hetero) is 1. The number of likely N-dealkylation sites (tertiary alicyclic amines) is 1. The molecule has 1 saturated heterocycles. The van der Waals surface area contributed by atoms with Crippen LogP contribution in [0, 0.1) is 5.92 Å². The first-order valence-electron chi connectivity index (χ1n) is 8.13. The molecular weight excluding hydrogens is 252 g/mol. The molecule has 0 aromatic carbocycles. The van der Waals surface area contributed by atoms with Crippen molar-refractivity contribution in [3.8, 4) is 0 Å². The zero-order valence-electron chi connectivity index (χ0n) is 12.9. The average molecular weight is 280 g/mol. The van der Waals surface area contributed by atoms with Gasteiger partial charge in [0.2, 0.25) is 5.91 Å². The molecule has 0 aromatic rings. The Hall–Kier alpha value is -0.900. The molecule has 114 valence electrons. The van der Waals surface area contributed by atoms with Gasteiger partial charge in [-0.05, 0) is 52.6 Å². The lowest BCUT2D eigenvalue weighted by Crippen LogP contribution is -2.47. The second-order valence-corrected chi connectivity index (χ2v) is 6.44. The van der Waals surface area contributed by atoms with Crippen molar-refractivity contribution in [1.29, 1.82) is 0 Å². The topological polar surface area (TPSA) is 49.4 Å². The second-order valence-electron chi connectivity index (χ2n) is 6.44. The fourth-order valence-corrected chi connectivity index (χ4v) is 3.37. The molecule has 0 bridgehead atoms. The van der Waals surface area contributed by atoms with Gasteiger partial charge in [0.05, 0.1) is 6.04 Å². The number of nitrogens with zero attached hydrogens (tertiary/aromatic N) is 1. The lowest BCUT2D eigenvalue weighted by Gasteiger charge is -2.35. The van der Waals surface area contributed by atoms with Crippen molar-refractivity contribution in [3.05, 3.63) is 0 Å². The number of rotatable bonds is 4. The molecule has 1 N–H and O–H groups in total. The van der Waals surface area contributed by atoms with E-state index in [-0.39, 0.29) is 23.7 Å². The summed E-state index contributed by atoms with van der Waals surface area (Å²) in [5.41, 5.74) is 0. The summed E-state index contributed by atoms with van der Waals surface area (Å²) in [7, 11) is 0. The normalized spacial score (nSPS) is 24.3. The van der Waals surface area contributed by atoms with Crippen LogP contribution in [0.25, 0.3) is 0 Å². The SMILES string of the molecule is CC(=O)C(C)N1CCC(C(=O)NC2CCCCC2)CC1. The highest BCUT2D eigenvalue weighted by Crippen LogP contribution is 2.22. The Morgan fingerprint density at radius 1 is 1.05 bits per heavy atom. The van der Waals surface area contributed by atoms with Gasteiger partial charge in [-0.15, -0.1) is 0 Å². The van der Waals surface area contributed by atoms with Gasteiger partial charge in [-0.1, -0.05) is 19.3 Å². The third-order valence-electron chi connectivity index (χ3n) is 4.99. The summed E-state index contributed by atoms with van der Waals surface area (Å²) in [4.78, 5) is 25.9. The second kappa shape index (κ2) is 7.21. The van der Waals surface area contributed by atoms with Crippen molar-refractivity contribution >= 4 is 11.7 Å². The summed E-state index contributed by atoms with van der Waals surface area (Å²) in [5, 5.41) is 3.23. The Morgan fingerprint density at radius 2 is 1.65 bits per heavy atom. The maximum absolute atomic E-state index is 12.3. The molecule has 4 heteroatoms.